The Morgan fingerprint density at radius 1 is 1.33 bits per heavy atom. The predicted octanol–water partition coefficient (Wildman–Crippen LogP) is 4.41. The average molecular weight is 387 g/mol. The van der Waals surface area contributed by atoms with Gasteiger partial charge >= 0.3 is 0 Å². The van der Waals surface area contributed by atoms with Crippen molar-refractivity contribution in [2.45, 2.75) is 64.6 Å². The SMILES string of the molecule is CN=C(NCc1csc(C(C)(C)C)n1)NC1CC(C)(C)Oc2ccccc21. The molecule has 6 heteroatoms. The molecule has 0 fully saturated rings. The van der Waals surface area contributed by atoms with Gasteiger partial charge in [-0.3, -0.25) is 4.99 Å². The Bertz CT molecular complexity index is 820. The molecule has 3 rings (SSSR count). The second-order valence-corrected chi connectivity index (χ2v) is 9.48. The number of guanidine groups is 1. The van der Waals surface area contributed by atoms with Gasteiger partial charge in [0.2, 0.25) is 0 Å². The highest BCUT2D eigenvalue weighted by atomic mass is 32.1. The first-order valence-electron chi connectivity index (χ1n) is 9.38. The molecule has 1 aliphatic rings. The molecule has 1 unspecified atom stereocenters. The zero-order valence-corrected chi connectivity index (χ0v) is 17.9. The molecule has 0 bridgehead atoms. The first kappa shape index (κ1) is 19.7. The molecule has 1 atom stereocenters. The Balaban J connectivity index is 1.68. The molecular weight excluding hydrogens is 356 g/mol. The number of benzene rings is 1. The van der Waals surface area contributed by atoms with E-state index in [0.717, 1.165) is 28.8 Å². The van der Waals surface area contributed by atoms with E-state index in [0.29, 0.717) is 6.54 Å². The second kappa shape index (κ2) is 7.50. The number of aromatic nitrogens is 1. The molecule has 2 heterocycles. The van der Waals surface area contributed by atoms with Crippen molar-refractivity contribution in [2.24, 2.45) is 4.99 Å². The van der Waals surface area contributed by atoms with Gasteiger partial charge in [-0.15, -0.1) is 11.3 Å². The zero-order chi connectivity index (χ0) is 19.7. The summed E-state index contributed by atoms with van der Waals surface area (Å²) in [5.41, 5.74) is 2.07. The molecule has 1 aromatic heterocycles. The minimum atomic E-state index is -0.221. The van der Waals surface area contributed by atoms with Crippen LogP contribution in [0.2, 0.25) is 0 Å². The summed E-state index contributed by atoms with van der Waals surface area (Å²) in [6.07, 6.45) is 0.871. The Labute approximate surface area is 166 Å². The van der Waals surface area contributed by atoms with Gasteiger partial charge in [0.1, 0.15) is 11.4 Å². The maximum atomic E-state index is 6.12. The number of thiazole rings is 1. The summed E-state index contributed by atoms with van der Waals surface area (Å²) in [5.74, 6) is 1.72. The van der Waals surface area contributed by atoms with Gasteiger partial charge in [0.25, 0.3) is 0 Å². The maximum Gasteiger partial charge on any atom is 0.191 e. The van der Waals surface area contributed by atoms with Gasteiger partial charge in [-0.1, -0.05) is 39.0 Å². The van der Waals surface area contributed by atoms with E-state index in [4.69, 9.17) is 9.72 Å². The van der Waals surface area contributed by atoms with Crippen LogP contribution in [-0.4, -0.2) is 23.6 Å². The first-order valence-corrected chi connectivity index (χ1v) is 10.3. The van der Waals surface area contributed by atoms with Crippen LogP contribution >= 0.6 is 11.3 Å². The highest BCUT2D eigenvalue weighted by Crippen LogP contribution is 2.39. The molecular formula is C21H30N4OS. The first-order chi connectivity index (χ1) is 12.7. The number of aliphatic imine (C=N–C) groups is 1. The molecule has 1 aliphatic heterocycles. The van der Waals surface area contributed by atoms with Crippen LogP contribution in [0.25, 0.3) is 0 Å². The number of hydrogen-bond acceptors (Lipinski definition) is 4. The summed E-state index contributed by atoms with van der Waals surface area (Å²) >= 11 is 1.71. The molecule has 5 nitrogen and oxygen atoms in total. The molecule has 0 amide bonds. The smallest absolute Gasteiger partial charge is 0.191 e. The van der Waals surface area contributed by atoms with Crippen molar-refractivity contribution in [1.29, 1.82) is 0 Å². The molecule has 146 valence electrons. The quantitative estimate of drug-likeness (QED) is 0.606. The van der Waals surface area contributed by atoms with Crippen LogP contribution in [0.15, 0.2) is 34.6 Å². The largest absolute Gasteiger partial charge is 0.487 e. The standard InChI is InChI=1S/C21H30N4OS/c1-20(2,3)18-24-14(13-27-18)12-23-19(22-6)25-16-11-21(4,5)26-17-10-8-7-9-15(16)17/h7-10,13,16H,11-12H2,1-6H3,(H2,22,23,25). The molecule has 1 aromatic carbocycles. The van der Waals surface area contributed by atoms with E-state index in [1.807, 2.05) is 12.1 Å². The van der Waals surface area contributed by atoms with Crippen LogP contribution in [0.3, 0.4) is 0 Å². The Kier molecular flexibility index (Phi) is 5.47. The van der Waals surface area contributed by atoms with Crippen molar-refractivity contribution in [3.8, 4) is 5.75 Å². The van der Waals surface area contributed by atoms with Crippen LogP contribution in [0.1, 0.15) is 63.3 Å². The Hall–Kier alpha value is -2.08. The summed E-state index contributed by atoms with van der Waals surface area (Å²) in [5, 5.41) is 10.2. The van der Waals surface area contributed by atoms with Crippen LogP contribution in [0.4, 0.5) is 0 Å². The molecule has 2 aromatic rings. The normalized spacial score (nSPS) is 19.2. The molecule has 0 saturated heterocycles. The monoisotopic (exact) mass is 386 g/mol. The van der Waals surface area contributed by atoms with Gasteiger partial charge in [0.15, 0.2) is 5.96 Å². The molecule has 0 saturated carbocycles. The van der Waals surface area contributed by atoms with E-state index >= 15 is 0 Å². The molecule has 27 heavy (non-hydrogen) atoms. The summed E-state index contributed by atoms with van der Waals surface area (Å²) in [6.45, 7) is 11.5. The van der Waals surface area contributed by atoms with Crippen molar-refractivity contribution in [3.05, 3.63) is 45.9 Å². The number of hydrogen-bond donors (Lipinski definition) is 2. The fourth-order valence-electron chi connectivity index (χ4n) is 3.20. The van der Waals surface area contributed by atoms with E-state index in [-0.39, 0.29) is 17.1 Å². The number of fused-ring (bicyclic) bond motifs is 1. The summed E-state index contributed by atoms with van der Waals surface area (Å²) in [7, 11) is 1.80. The lowest BCUT2D eigenvalue weighted by molar-refractivity contribution is 0.0694. The third kappa shape index (κ3) is 4.80. The topological polar surface area (TPSA) is 58.5 Å². The van der Waals surface area contributed by atoms with E-state index < -0.39 is 0 Å². The third-order valence-corrected chi connectivity index (χ3v) is 5.86. The summed E-state index contributed by atoms with van der Waals surface area (Å²) < 4.78 is 6.12. The van der Waals surface area contributed by atoms with E-state index in [1.165, 1.54) is 5.56 Å². The van der Waals surface area contributed by atoms with Gasteiger partial charge in [-0.05, 0) is 19.9 Å². The molecule has 2 N–H and O–H groups in total. The van der Waals surface area contributed by atoms with Gasteiger partial charge < -0.3 is 15.4 Å². The average Bonchev–Trinajstić information content (AvgIpc) is 3.06. The fourth-order valence-corrected chi connectivity index (χ4v) is 4.10. The minimum Gasteiger partial charge on any atom is -0.487 e. The van der Waals surface area contributed by atoms with Crippen molar-refractivity contribution in [3.63, 3.8) is 0 Å². The van der Waals surface area contributed by atoms with Crippen molar-refractivity contribution in [1.82, 2.24) is 15.6 Å². The van der Waals surface area contributed by atoms with Crippen LogP contribution < -0.4 is 15.4 Å². The number of rotatable bonds is 3. The Morgan fingerprint density at radius 3 is 2.74 bits per heavy atom. The lowest BCUT2D eigenvalue weighted by atomic mass is 9.90. The molecule has 0 aliphatic carbocycles. The third-order valence-electron chi connectivity index (χ3n) is 4.54. The predicted molar refractivity (Wildman–Crippen MR) is 113 cm³/mol. The van der Waals surface area contributed by atoms with Crippen LogP contribution in [0, 0.1) is 0 Å². The highest BCUT2D eigenvalue weighted by Gasteiger charge is 2.34. The van der Waals surface area contributed by atoms with Crippen molar-refractivity contribution < 1.29 is 4.74 Å². The second-order valence-electron chi connectivity index (χ2n) is 8.62. The van der Waals surface area contributed by atoms with Gasteiger partial charge in [-0.2, -0.15) is 0 Å². The van der Waals surface area contributed by atoms with Crippen LogP contribution in [-0.2, 0) is 12.0 Å². The summed E-state index contributed by atoms with van der Waals surface area (Å²) in [4.78, 5) is 9.15. The van der Waals surface area contributed by atoms with E-state index in [1.54, 1.807) is 18.4 Å². The lowest BCUT2D eigenvalue weighted by Crippen LogP contribution is -2.45. The fraction of sp³-hybridized carbons (Fsp3) is 0.524. The van der Waals surface area contributed by atoms with Gasteiger partial charge in [0, 0.05) is 29.8 Å². The summed E-state index contributed by atoms with van der Waals surface area (Å²) in [6, 6.07) is 8.36. The number of nitrogens with one attached hydrogen (secondary N) is 2. The minimum absolute atomic E-state index is 0.0836. The maximum absolute atomic E-state index is 6.12. The van der Waals surface area contributed by atoms with Crippen molar-refractivity contribution >= 4 is 17.3 Å². The van der Waals surface area contributed by atoms with Crippen molar-refractivity contribution in [2.75, 3.05) is 7.05 Å². The lowest BCUT2D eigenvalue weighted by Gasteiger charge is -2.38. The van der Waals surface area contributed by atoms with E-state index in [9.17, 15) is 0 Å². The van der Waals surface area contributed by atoms with E-state index in [2.05, 4.69) is 67.8 Å². The highest BCUT2D eigenvalue weighted by molar-refractivity contribution is 7.09. The number of ether oxygens (including phenoxy) is 1. The number of para-hydroxylation sites is 1. The van der Waals surface area contributed by atoms with Gasteiger partial charge in [0.05, 0.1) is 23.3 Å². The zero-order valence-electron chi connectivity index (χ0n) is 17.1. The molecule has 0 radical (unpaired) electrons. The molecule has 0 spiro atoms. The van der Waals surface area contributed by atoms with Gasteiger partial charge in [-0.25, -0.2) is 4.98 Å². The number of nitrogens with zero attached hydrogens (tertiary/aromatic N) is 2. The van der Waals surface area contributed by atoms with Crippen LogP contribution in [0.5, 0.6) is 5.75 Å². The Morgan fingerprint density at radius 2 is 2.07 bits per heavy atom.